The molecule has 0 N–H and O–H groups in total. The van der Waals surface area contributed by atoms with Gasteiger partial charge < -0.3 is 4.74 Å². The Morgan fingerprint density at radius 2 is 1.15 bits per heavy atom. The fourth-order valence-electron chi connectivity index (χ4n) is 4.62. The molecule has 0 spiro atoms. The van der Waals surface area contributed by atoms with E-state index in [0.717, 1.165) is 43.2 Å². The van der Waals surface area contributed by atoms with Crippen molar-refractivity contribution in [3.8, 4) is 28.0 Å². The van der Waals surface area contributed by atoms with Crippen molar-refractivity contribution in [2.24, 2.45) is 0 Å². The third-order valence-corrected chi connectivity index (χ3v) is 7.03. The molecule has 0 saturated carbocycles. The highest BCUT2D eigenvalue weighted by molar-refractivity contribution is 5.72. The van der Waals surface area contributed by atoms with E-state index in [2.05, 4.69) is 6.92 Å². The van der Waals surface area contributed by atoms with E-state index in [0.29, 0.717) is 30.6 Å². The third kappa shape index (κ3) is 7.08. The van der Waals surface area contributed by atoms with Gasteiger partial charge in [-0.15, -0.1) is 0 Å². The molecule has 0 atom stereocenters. The smallest absolute Gasteiger partial charge is 0.200 e. The second-order valence-electron chi connectivity index (χ2n) is 9.97. The topological polar surface area (TPSA) is 9.23 Å². The Morgan fingerprint density at radius 1 is 0.564 bits per heavy atom. The Bertz CT molecular complexity index is 1380. The maximum Gasteiger partial charge on any atom is 0.200 e. The summed E-state index contributed by atoms with van der Waals surface area (Å²) in [6.07, 6.45) is 6.01. The Balaban J connectivity index is 1.38. The quantitative estimate of drug-likeness (QED) is 0.130. The van der Waals surface area contributed by atoms with Gasteiger partial charge in [0.15, 0.2) is 23.2 Å². The van der Waals surface area contributed by atoms with Crippen molar-refractivity contribution in [1.29, 1.82) is 0 Å². The van der Waals surface area contributed by atoms with Crippen molar-refractivity contribution < 1.29 is 22.3 Å². The van der Waals surface area contributed by atoms with E-state index in [1.165, 1.54) is 6.07 Å². The van der Waals surface area contributed by atoms with Crippen LogP contribution in [-0.2, 0) is 12.8 Å². The summed E-state index contributed by atoms with van der Waals surface area (Å²) in [6.45, 7) is 4.44. The molecule has 5 heteroatoms. The van der Waals surface area contributed by atoms with Crippen molar-refractivity contribution in [1.82, 2.24) is 0 Å². The van der Waals surface area contributed by atoms with Gasteiger partial charge in [-0.25, -0.2) is 13.2 Å². The molecule has 0 heterocycles. The van der Waals surface area contributed by atoms with E-state index in [-0.39, 0.29) is 22.4 Å². The molecule has 0 aromatic heterocycles. The Morgan fingerprint density at radius 3 is 1.77 bits per heavy atom. The van der Waals surface area contributed by atoms with Crippen LogP contribution in [-0.4, -0.2) is 6.61 Å². The third-order valence-electron chi connectivity index (χ3n) is 7.03. The molecule has 0 aliphatic carbocycles. The molecule has 0 bridgehead atoms. The standard InChI is InChI=1S/C34H34F4O/c1-3-4-5-6-7-22-39-30-21-18-27(31(35)34(30)38)17-12-24-10-15-26(16-11-24)29-20-19-28(32(36)33(29)37)25-13-8-23(2)9-14-25/h8-11,13-16,18-21H,3-7,12,17,22H2,1-2H3. The molecule has 4 aromatic rings. The van der Waals surface area contributed by atoms with E-state index >= 15 is 0 Å². The molecule has 0 fully saturated rings. The van der Waals surface area contributed by atoms with Crippen LogP contribution >= 0.6 is 0 Å². The summed E-state index contributed by atoms with van der Waals surface area (Å²) >= 11 is 0. The first kappa shape index (κ1) is 28.4. The molecule has 0 aliphatic heterocycles. The predicted octanol–water partition coefficient (Wildman–Crippen LogP) is 10.0. The lowest BCUT2D eigenvalue weighted by atomic mass is 9.96. The summed E-state index contributed by atoms with van der Waals surface area (Å²) < 4.78 is 64.5. The summed E-state index contributed by atoms with van der Waals surface area (Å²) in [5.74, 6) is -3.69. The highest BCUT2D eigenvalue weighted by Crippen LogP contribution is 2.32. The number of unbranched alkanes of at least 4 members (excludes halogenated alkanes) is 4. The zero-order valence-electron chi connectivity index (χ0n) is 22.5. The number of halogens is 4. The largest absolute Gasteiger partial charge is 0.490 e. The van der Waals surface area contributed by atoms with Gasteiger partial charge in [0.05, 0.1) is 6.61 Å². The predicted molar refractivity (Wildman–Crippen MR) is 150 cm³/mol. The molecule has 0 radical (unpaired) electrons. The van der Waals surface area contributed by atoms with Gasteiger partial charge in [-0.05, 0) is 54.5 Å². The molecule has 0 saturated heterocycles. The zero-order valence-corrected chi connectivity index (χ0v) is 22.5. The fraction of sp³-hybridized carbons (Fsp3) is 0.294. The van der Waals surface area contributed by atoms with Gasteiger partial charge >= 0.3 is 0 Å². The van der Waals surface area contributed by atoms with Crippen LogP contribution in [0.15, 0.2) is 72.8 Å². The molecule has 0 unspecified atom stereocenters. The van der Waals surface area contributed by atoms with Gasteiger partial charge in [-0.3, -0.25) is 0 Å². The monoisotopic (exact) mass is 534 g/mol. The highest BCUT2D eigenvalue weighted by Gasteiger charge is 2.17. The van der Waals surface area contributed by atoms with Crippen LogP contribution in [0.25, 0.3) is 22.3 Å². The van der Waals surface area contributed by atoms with E-state index in [9.17, 15) is 17.6 Å². The first-order chi connectivity index (χ1) is 18.9. The van der Waals surface area contributed by atoms with Gasteiger partial charge in [-0.1, -0.05) is 105 Å². The number of hydrogen-bond acceptors (Lipinski definition) is 1. The van der Waals surface area contributed by atoms with Crippen LogP contribution in [0, 0.1) is 30.2 Å². The Kier molecular flexibility index (Phi) is 9.80. The number of aryl methyl sites for hydroxylation is 3. The number of ether oxygens (including phenoxy) is 1. The molecule has 4 rings (SSSR count). The maximum absolute atomic E-state index is 15.0. The number of benzene rings is 4. The van der Waals surface area contributed by atoms with Crippen LogP contribution in [0.5, 0.6) is 5.75 Å². The SMILES string of the molecule is CCCCCCCOc1ccc(CCc2ccc(-c3ccc(-c4ccc(C)cc4)c(F)c3F)cc2)c(F)c1F. The lowest BCUT2D eigenvalue weighted by molar-refractivity contribution is 0.284. The summed E-state index contributed by atoms with van der Waals surface area (Å²) in [5.41, 5.74) is 3.73. The van der Waals surface area contributed by atoms with E-state index in [1.54, 1.807) is 54.6 Å². The summed E-state index contributed by atoms with van der Waals surface area (Å²) in [7, 11) is 0. The summed E-state index contributed by atoms with van der Waals surface area (Å²) in [5, 5.41) is 0. The summed E-state index contributed by atoms with van der Waals surface area (Å²) in [4.78, 5) is 0. The van der Waals surface area contributed by atoms with Gasteiger partial charge in [0.1, 0.15) is 0 Å². The van der Waals surface area contributed by atoms with E-state index < -0.39 is 23.3 Å². The van der Waals surface area contributed by atoms with Crippen LogP contribution in [0.2, 0.25) is 0 Å². The van der Waals surface area contributed by atoms with Crippen LogP contribution in [0.1, 0.15) is 55.7 Å². The van der Waals surface area contributed by atoms with Gasteiger partial charge in [-0.2, -0.15) is 4.39 Å². The fourth-order valence-corrected chi connectivity index (χ4v) is 4.62. The van der Waals surface area contributed by atoms with Crippen LogP contribution in [0.3, 0.4) is 0 Å². The minimum Gasteiger partial charge on any atom is -0.490 e. The second kappa shape index (κ2) is 13.5. The summed E-state index contributed by atoms with van der Waals surface area (Å²) in [6, 6.07) is 20.5. The minimum atomic E-state index is -0.956. The van der Waals surface area contributed by atoms with Crippen molar-refractivity contribution in [2.45, 2.75) is 58.8 Å². The molecule has 4 aromatic carbocycles. The average Bonchev–Trinajstić information content (AvgIpc) is 2.95. The molecule has 0 aliphatic rings. The van der Waals surface area contributed by atoms with Gasteiger partial charge in [0.25, 0.3) is 0 Å². The van der Waals surface area contributed by atoms with Crippen molar-refractivity contribution in [2.75, 3.05) is 6.61 Å². The molecule has 0 amide bonds. The lowest BCUT2D eigenvalue weighted by Crippen LogP contribution is -2.03. The average molecular weight is 535 g/mol. The first-order valence-corrected chi connectivity index (χ1v) is 13.6. The molecular formula is C34H34F4O. The Hall–Kier alpha value is -3.60. The molecule has 39 heavy (non-hydrogen) atoms. The van der Waals surface area contributed by atoms with Crippen molar-refractivity contribution in [3.63, 3.8) is 0 Å². The van der Waals surface area contributed by atoms with Gasteiger partial charge in [0.2, 0.25) is 5.82 Å². The van der Waals surface area contributed by atoms with E-state index in [4.69, 9.17) is 4.74 Å². The number of rotatable bonds is 12. The highest BCUT2D eigenvalue weighted by atomic mass is 19.2. The van der Waals surface area contributed by atoms with Crippen molar-refractivity contribution >= 4 is 0 Å². The normalized spacial score (nSPS) is 11.1. The Labute approximate surface area is 228 Å². The zero-order chi connectivity index (χ0) is 27.8. The second-order valence-corrected chi connectivity index (χ2v) is 9.97. The van der Waals surface area contributed by atoms with E-state index in [1.807, 2.05) is 19.1 Å². The molecule has 1 nitrogen and oxygen atoms in total. The maximum atomic E-state index is 15.0. The van der Waals surface area contributed by atoms with Crippen LogP contribution < -0.4 is 4.74 Å². The lowest BCUT2D eigenvalue weighted by Gasteiger charge is -2.11. The van der Waals surface area contributed by atoms with Gasteiger partial charge in [0, 0.05) is 11.1 Å². The van der Waals surface area contributed by atoms with Crippen LogP contribution in [0.4, 0.5) is 17.6 Å². The minimum absolute atomic E-state index is 0.0567. The first-order valence-electron chi connectivity index (χ1n) is 13.6. The molecular weight excluding hydrogens is 500 g/mol. The number of hydrogen-bond donors (Lipinski definition) is 0. The molecule has 204 valence electrons. The van der Waals surface area contributed by atoms with Crippen molar-refractivity contribution in [3.05, 3.63) is 113 Å².